The van der Waals surface area contributed by atoms with E-state index in [9.17, 15) is 24.3 Å². The van der Waals surface area contributed by atoms with Gasteiger partial charge in [-0.15, -0.1) is 13.2 Å². The smallest absolute Gasteiger partial charge is 0.312 e. The van der Waals surface area contributed by atoms with E-state index in [2.05, 4.69) is 39.2 Å². The van der Waals surface area contributed by atoms with Gasteiger partial charge in [0, 0.05) is 18.5 Å². The third kappa shape index (κ3) is 7.81. The molecule has 254 valence electrons. The summed E-state index contributed by atoms with van der Waals surface area (Å²) in [6.07, 6.45) is 5.16. The molecule has 3 saturated heterocycles. The molecule has 0 aromatic rings. The number of fused-ring (bicyclic) bond motifs is 1. The number of allylic oxidation sites excluding steroid dienone is 1. The minimum absolute atomic E-state index is 0.0839. The molecule has 0 aromatic heterocycles. The first kappa shape index (κ1) is 36.7. The summed E-state index contributed by atoms with van der Waals surface area (Å²) < 4.78 is 12.4. The largest absolute Gasteiger partial charge is 0.460 e. The van der Waals surface area contributed by atoms with Gasteiger partial charge >= 0.3 is 5.97 Å². The molecule has 0 aromatic carbocycles. The molecule has 10 heteroatoms. The molecule has 0 unspecified atom stereocenters. The number of nitrogens with zero attached hydrogens (tertiary/aromatic N) is 2. The summed E-state index contributed by atoms with van der Waals surface area (Å²) in [5.74, 6) is -3.00. The number of hydrogen-bond acceptors (Lipinski definition) is 7. The summed E-state index contributed by atoms with van der Waals surface area (Å²) in [5.41, 5.74) is -1.88. The monoisotopic (exact) mass is 631 g/mol. The highest BCUT2D eigenvalue weighted by molar-refractivity contribution is 5.98. The first-order chi connectivity index (χ1) is 20.9. The molecular weight excluding hydrogens is 574 g/mol. The van der Waals surface area contributed by atoms with Crippen LogP contribution in [0.25, 0.3) is 0 Å². The molecule has 3 fully saturated rings. The van der Waals surface area contributed by atoms with Crippen molar-refractivity contribution in [2.24, 2.45) is 23.2 Å². The highest BCUT2D eigenvalue weighted by Crippen LogP contribution is 2.59. The van der Waals surface area contributed by atoms with Crippen LogP contribution in [0.4, 0.5) is 0 Å². The zero-order valence-corrected chi connectivity index (χ0v) is 28.8. The van der Waals surface area contributed by atoms with Gasteiger partial charge in [0.1, 0.15) is 17.7 Å². The van der Waals surface area contributed by atoms with E-state index in [1.54, 1.807) is 28.9 Å². The fourth-order valence-electron chi connectivity index (χ4n) is 8.05. The first-order valence-corrected chi connectivity index (χ1v) is 16.5. The van der Waals surface area contributed by atoms with Crippen LogP contribution in [-0.4, -0.2) is 93.7 Å². The van der Waals surface area contributed by atoms with E-state index in [4.69, 9.17) is 9.47 Å². The average Bonchev–Trinajstić information content (AvgIpc) is 3.57. The molecule has 0 aliphatic carbocycles. The van der Waals surface area contributed by atoms with Crippen LogP contribution in [-0.2, 0) is 28.7 Å². The van der Waals surface area contributed by atoms with E-state index in [0.717, 1.165) is 0 Å². The Labute approximate surface area is 269 Å². The molecule has 7 atom stereocenters. The lowest BCUT2D eigenvalue weighted by molar-refractivity contribution is -0.160. The molecule has 2 bridgehead atoms. The van der Waals surface area contributed by atoms with E-state index in [0.29, 0.717) is 38.5 Å². The van der Waals surface area contributed by atoms with Gasteiger partial charge in [-0.3, -0.25) is 19.2 Å². The van der Waals surface area contributed by atoms with Crippen LogP contribution in [0.5, 0.6) is 0 Å². The van der Waals surface area contributed by atoms with Crippen LogP contribution in [0.2, 0.25) is 0 Å². The first-order valence-electron chi connectivity index (χ1n) is 16.5. The van der Waals surface area contributed by atoms with Crippen molar-refractivity contribution in [3.8, 4) is 0 Å². The maximum atomic E-state index is 14.9. The van der Waals surface area contributed by atoms with Crippen molar-refractivity contribution in [2.75, 3.05) is 19.7 Å². The van der Waals surface area contributed by atoms with Crippen molar-refractivity contribution < 1.29 is 33.8 Å². The van der Waals surface area contributed by atoms with Crippen molar-refractivity contribution in [3.05, 3.63) is 25.3 Å². The van der Waals surface area contributed by atoms with Crippen molar-refractivity contribution >= 4 is 23.7 Å². The zero-order chi connectivity index (χ0) is 33.9. The van der Waals surface area contributed by atoms with Gasteiger partial charge in [0.15, 0.2) is 0 Å². The van der Waals surface area contributed by atoms with Gasteiger partial charge in [-0.2, -0.15) is 0 Å². The summed E-state index contributed by atoms with van der Waals surface area (Å²) in [4.78, 5) is 58.5. The van der Waals surface area contributed by atoms with Crippen molar-refractivity contribution in [1.29, 1.82) is 0 Å². The third-order valence-electron chi connectivity index (χ3n) is 9.34. The zero-order valence-electron chi connectivity index (χ0n) is 28.8. The molecule has 3 rings (SSSR count). The van der Waals surface area contributed by atoms with Crippen LogP contribution in [0.1, 0.15) is 93.9 Å². The molecule has 3 aliphatic rings. The number of carbonyl (C=O) groups is 4. The summed E-state index contributed by atoms with van der Waals surface area (Å²) in [6.45, 7) is 23.8. The predicted molar refractivity (Wildman–Crippen MR) is 173 cm³/mol. The minimum atomic E-state index is -1.22. The summed E-state index contributed by atoms with van der Waals surface area (Å²) in [5, 5.41) is 13.4. The van der Waals surface area contributed by atoms with Gasteiger partial charge in [-0.05, 0) is 64.2 Å². The van der Waals surface area contributed by atoms with Gasteiger partial charge in [0.05, 0.1) is 37.1 Å². The second-order valence-electron chi connectivity index (χ2n) is 15.4. The van der Waals surface area contributed by atoms with Crippen molar-refractivity contribution in [3.63, 3.8) is 0 Å². The number of aliphatic hydroxyl groups excluding tert-OH is 1. The number of nitrogens with one attached hydrogen (secondary N) is 1. The van der Waals surface area contributed by atoms with E-state index in [1.165, 1.54) is 0 Å². The van der Waals surface area contributed by atoms with Crippen LogP contribution in [0.3, 0.4) is 0 Å². The third-order valence-corrected chi connectivity index (χ3v) is 9.34. The van der Waals surface area contributed by atoms with Crippen LogP contribution in [0, 0.1) is 23.2 Å². The van der Waals surface area contributed by atoms with E-state index < -0.39 is 53.2 Å². The number of rotatable bonds is 16. The number of aliphatic hydroxyl groups is 1. The number of amides is 3. The van der Waals surface area contributed by atoms with Crippen LogP contribution < -0.4 is 5.32 Å². The lowest BCUT2D eigenvalue weighted by Gasteiger charge is -2.46. The van der Waals surface area contributed by atoms with Crippen LogP contribution in [0.15, 0.2) is 25.3 Å². The van der Waals surface area contributed by atoms with Gasteiger partial charge in [0.2, 0.25) is 17.7 Å². The molecule has 0 radical (unpaired) electrons. The molecule has 10 nitrogen and oxygen atoms in total. The number of esters is 1. The van der Waals surface area contributed by atoms with E-state index in [1.807, 2.05) is 27.7 Å². The molecular formula is C35H57N3O7. The Morgan fingerprint density at radius 3 is 2.40 bits per heavy atom. The Kier molecular flexibility index (Phi) is 11.7. The van der Waals surface area contributed by atoms with Crippen molar-refractivity contribution in [2.45, 2.75) is 129 Å². The Morgan fingerprint density at radius 1 is 1.18 bits per heavy atom. The number of ether oxygens (including phenoxy) is 2. The fraction of sp³-hybridized carbons (Fsp3) is 0.771. The molecule has 3 aliphatic heterocycles. The average molecular weight is 632 g/mol. The van der Waals surface area contributed by atoms with E-state index in [-0.39, 0.29) is 48.8 Å². The number of hydrogen-bond donors (Lipinski definition) is 2. The van der Waals surface area contributed by atoms with Gasteiger partial charge in [-0.1, -0.05) is 46.8 Å². The highest BCUT2D eigenvalue weighted by Gasteiger charge is 2.76. The Morgan fingerprint density at radius 2 is 1.84 bits per heavy atom. The molecule has 2 N–H and O–H groups in total. The Balaban J connectivity index is 1.99. The quantitative estimate of drug-likeness (QED) is 0.195. The summed E-state index contributed by atoms with van der Waals surface area (Å²) in [6, 6.07) is -1.62. The van der Waals surface area contributed by atoms with E-state index >= 15 is 0 Å². The fourth-order valence-corrected chi connectivity index (χ4v) is 8.05. The predicted octanol–water partition coefficient (Wildman–Crippen LogP) is 4.01. The lowest BCUT2D eigenvalue weighted by Crippen LogP contribution is -2.62. The normalized spacial score (nSPS) is 27.2. The van der Waals surface area contributed by atoms with Gasteiger partial charge in [-0.25, -0.2) is 0 Å². The minimum Gasteiger partial charge on any atom is -0.460 e. The molecule has 3 heterocycles. The second-order valence-corrected chi connectivity index (χ2v) is 15.4. The highest BCUT2D eigenvalue weighted by atomic mass is 16.6. The lowest BCUT2D eigenvalue weighted by atomic mass is 9.70. The second kappa shape index (κ2) is 14.4. The van der Waals surface area contributed by atoms with Crippen LogP contribution >= 0.6 is 0 Å². The van der Waals surface area contributed by atoms with Gasteiger partial charge < -0.3 is 29.7 Å². The molecule has 1 spiro atoms. The number of likely N-dealkylation sites (tertiary alicyclic amines) is 1. The summed E-state index contributed by atoms with van der Waals surface area (Å²) >= 11 is 0. The standard InChI is InChI=1S/C35H57N3O7/c1-11-13-14-26(40)36-19-23(5)44-32(43)27-25-15-16-35(45-25)28(27)30(41)38(24(20-39)18-22(3)4)29(35)31(42)37(17-12-2)34(9,10)21-33(6,7)8/h11-12,22-25,27-29,39H,1-2,13-21H2,3-10H3,(H,36,40)/t23-,24-,25+,27-,28-,29+,35-/m1/s1. The Bertz CT molecular complexity index is 1130. The van der Waals surface area contributed by atoms with Crippen molar-refractivity contribution in [1.82, 2.24) is 15.1 Å². The number of carbonyl (C=O) groups excluding carboxylic acids is 4. The van der Waals surface area contributed by atoms with Gasteiger partial charge in [0.25, 0.3) is 0 Å². The molecule has 3 amide bonds. The molecule has 45 heavy (non-hydrogen) atoms. The Hall–Kier alpha value is -2.72. The SMILES string of the molecule is C=CCCC(=O)NC[C@@H](C)OC(=O)[C@@H]1[C@@H]2CC[C@]3(O2)[C@H](C(=O)N(CC=C)C(C)(C)CC(C)(C)C)N([C@@H](CO)CC(C)C)C(=O)[C@@H]13. The molecule has 0 saturated carbocycles. The maximum absolute atomic E-state index is 14.9. The summed E-state index contributed by atoms with van der Waals surface area (Å²) in [7, 11) is 0. The maximum Gasteiger partial charge on any atom is 0.312 e. The topological polar surface area (TPSA) is 125 Å².